The molecule has 0 aliphatic heterocycles. The maximum Gasteiger partial charge on any atom is 0.144 e. The zero-order valence-electron chi connectivity index (χ0n) is 12.7. The van der Waals surface area contributed by atoms with E-state index in [1.165, 1.54) is 32.0 Å². The van der Waals surface area contributed by atoms with Gasteiger partial charge in [0.1, 0.15) is 5.65 Å². The number of benzene rings is 2. The average molecular weight is 314 g/mol. The molecule has 0 saturated carbocycles. The summed E-state index contributed by atoms with van der Waals surface area (Å²) in [6.45, 7) is 2.04. The van der Waals surface area contributed by atoms with Crippen LogP contribution < -0.4 is 0 Å². The van der Waals surface area contributed by atoms with E-state index in [1.807, 2.05) is 6.92 Å². The molecular weight excluding hydrogens is 300 g/mol. The van der Waals surface area contributed by atoms with Crippen LogP contribution in [0.2, 0.25) is 0 Å². The van der Waals surface area contributed by atoms with Gasteiger partial charge >= 0.3 is 0 Å². The van der Waals surface area contributed by atoms with Gasteiger partial charge in [-0.25, -0.2) is 4.98 Å². The maximum absolute atomic E-state index is 4.69. The van der Waals surface area contributed by atoms with E-state index >= 15 is 0 Å². The van der Waals surface area contributed by atoms with Crippen LogP contribution in [-0.2, 0) is 0 Å². The minimum absolute atomic E-state index is 1.03. The van der Waals surface area contributed by atoms with E-state index in [0.717, 1.165) is 11.3 Å². The Kier molecular flexibility index (Phi) is 2.61. The second-order valence-electron chi connectivity index (χ2n) is 5.83. The molecular formula is C20H14N2S. The Hall–Kier alpha value is -2.65. The highest BCUT2D eigenvalue weighted by molar-refractivity contribution is 7.17. The van der Waals surface area contributed by atoms with Crippen LogP contribution in [0.4, 0.5) is 0 Å². The summed E-state index contributed by atoms with van der Waals surface area (Å²) in [6.07, 6.45) is 4.18. The predicted molar refractivity (Wildman–Crippen MR) is 98.3 cm³/mol. The summed E-state index contributed by atoms with van der Waals surface area (Å²) in [5.74, 6) is 0. The van der Waals surface area contributed by atoms with E-state index in [9.17, 15) is 0 Å². The minimum Gasteiger partial charge on any atom is -0.306 e. The van der Waals surface area contributed by atoms with Crippen LogP contribution in [0.1, 0.15) is 5.69 Å². The molecule has 0 fully saturated rings. The van der Waals surface area contributed by atoms with Gasteiger partial charge < -0.3 is 4.40 Å². The standard InChI is InChI=1S/C20H14N2S/c1-13-12-22-10-8-16-14(4-2-6-18(16)20(22)21-13)15-5-3-7-19-17(15)9-11-23-19/h2-12H,1H3. The first-order valence-corrected chi connectivity index (χ1v) is 8.53. The van der Waals surface area contributed by atoms with Gasteiger partial charge in [-0.15, -0.1) is 11.3 Å². The summed E-state index contributed by atoms with van der Waals surface area (Å²) in [6, 6.07) is 17.5. The summed E-state index contributed by atoms with van der Waals surface area (Å²) in [7, 11) is 0. The molecule has 0 amide bonds. The molecule has 3 aromatic heterocycles. The molecule has 2 nitrogen and oxygen atoms in total. The van der Waals surface area contributed by atoms with E-state index in [-0.39, 0.29) is 0 Å². The number of fused-ring (bicyclic) bond motifs is 4. The van der Waals surface area contributed by atoms with Crippen molar-refractivity contribution >= 4 is 37.8 Å². The number of thiophene rings is 1. The van der Waals surface area contributed by atoms with E-state index in [4.69, 9.17) is 4.98 Å². The molecule has 0 aliphatic carbocycles. The molecule has 0 atom stereocenters. The molecule has 0 saturated heterocycles. The Morgan fingerprint density at radius 1 is 0.870 bits per heavy atom. The van der Waals surface area contributed by atoms with Gasteiger partial charge in [-0.2, -0.15) is 0 Å². The quantitative estimate of drug-likeness (QED) is 0.389. The summed E-state index contributed by atoms with van der Waals surface area (Å²) in [5, 5.41) is 5.94. The number of hydrogen-bond donors (Lipinski definition) is 0. The number of aryl methyl sites for hydroxylation is 1. The van der Waals surface area contributed by atoms with Crippen LogP contribution >= 0.6 is 11.3 Å². The Morgan fingerprint density at radius 3 is 2.61 bits per heavy atom. The highest BCUT2D eigenvalue weighted by Gasteiger charge is 2.11. The summed E-state index contributed by atoms with van der Waals surface area (Å²) < 4.78 is 3.43. The Labute approximate surface area is 137 Å². The molecule has 0 radical (unpaired) electrons. The van der Waals surface area contributed by atoms with Crippen molar-refractivity contribution in [1.82, 2.24) is 9.38 Å². The Bertz CT molecular complexity index is 1180. The monoisotopic (exact) mass is 314 g/mol. The van der Waals surface area contributed by atoms with Crippen molar-refractivity contribution in [3.63, 3.8) is 0 Å². The molecule has 23 heavy (non-hydrogen) atoms. The number of aromatic nitrogens is 2. The van der Waals surface area contributed by atoms with E-state index in [1.54, 1.807) is 11.3 Å². The second kappa shape index (κ2) is 4.67. The van der Waals surface area contributed by atoms with Crippen LogP contribution in [0.5, 0.6) is 0 Å². The molecule has 0 N–H and O–H groups in total. The fourth-order valence-electron chi connectivity index (χ4n) is 3.39. The number of pyridine rings is 1. The van der Waals surface area contributed by atoms with Crippen LogP contribution in [0, 0.1) is 6.92 Å². The highest BCUT2D eigenvalue weighted by atomic mass is 32.1. The average Bonchev–Trinajstić information content (AvgIpc) is 3.19. The zero-order valence-corrected chi connectivity index (χ0v) is 13.5. The molecule has 0 unspecified atom stereocenters. The SMILES string of the molecule is Cc1cn2ccc3c(-c4cccc5sccc45)cccc3c2n1. The third-order valence-corrected chi connectivity index (χ3v) is 5.27. The van der Waals surface area contributed by atoms with Gasteiger partial charge in [0.2, 0.25) is 0 Å². The number of imidazole rings is 1. The van der Waals surface area contributed by atoms with Crippen LogP contribution in [0.25, 0.3) is 37.6 Å². The predicted octanol–water partition coefficient (Wildman–Crippen LogP) is 5.68. The van der Waals surface area contributed by atoms with Crippen molar-refractivity contribution in [1.29, 1.82) is 0 Å². The van der Waals surface area contributed by atoms with Crippen molar-refractivity contribution in [2.75, 3.05) is 0 Å². The molecule has 0 bridgehead atoms. The van der Waals surface area contributed by atoms with Gasteiger partial charge in [0.15, 0.2) is 0 Å². The largest absolute Gasteiger partial charge is 0.306 e. The number of hydrogen-bond acceptors (Lipinski definition) is 2. The topological polar surface area (TPSA) is 17.3 Å². The van der Waals surface area contributed by atoms with Gasteiger partial charge in [0.05, 0.1) is 5.69 Å². The van der Waals surface area contributed by atoms with Gasteiger partial charge in [-0.3, -0.25) is 0 Å². The fourth-order valence-corrected chi connectivity index (χ4v) is 4.20. The first-order valence-electron chi connectivity index (χ1n) is 7.65. The lowest BCUT2D eigenvalue weighted by Gasteiger charge is -2.09. The van der Waals surface area contributed by atoms with E-state index in [2.05, 4.69) is 70.7 Å². The molecule has 3 heteroatoms. The zero-order chi connectivity index (χ0) is 15.4. The lowest BCUT2D eigenvalue weighted by molar-refractivity contribution is 1.20. The number of rotatable bonds is 1. The fraction of sp³-hybridized carbons (Fsp3) is 0.0500. The van der Waals surface area contributed by atoms with Crippen molar-refractivity contribution < 1.29 is 0 Å². The summed E-state index contributed by atoms with van der Waals surface area (Å²) in [5.41, 5.74) is 4.64. The van der Waals surface area contributed by atoms with Crippen molar-refractivity contribution in [2.24, 2.45) is 0 Å². The van der Waals surface area contributed by atoms with Gasteiger partial charge in [0, 0.05) is 27.9 Å². The van der Waals surface area contributed by atoms with Crippen LogP contribution in [0.15, 0.2) is 66.3 Å². The molecule has 2 aromatic carbocycles. The molecule has 3 heterocycles. The van der Waals surface area contributed by atoms with Crippen molar-refractivity contribution in [2.45, 2.75) is 6.92 Å². The van der Waals surface area contributed by atoms with Gasteiger partial charge in [0.25, 0.3) is 0 Å². The van der Waals surface area contributed by atoms with Gasteiger partial charge in [-0.05, 0) is 47.0 Å². The minimum atomic E-state index is 1.03. The van der Waals surface area contributed by atoms with Crippen LogP contribution in [0.3, 0.4) is 0 Å². The highest BCUT2D eigenvalue weighted by Crippen LogP contribution is 2.36. The van der Waals surface area contributed by atoms with Crippen molar-refractivity contribution in [3.05, 3.63) is 72.0 Å². The lowest BCUT2D eigenvalue weighted by atomic mass is 9.97. The normalized spacial score (nSPS) is 11.7. The van der Waals surface area contributed by atoms with E-state index in [0.29, 0.717) is 0 Å². The smallest absolute Gasteiger partial charge is 0.144 e. The van der Waals surface area contributed by atoms with Crippen molar-refractivity contribution in [3.8, 4) is 11.1 Å². The Balaban J connectivity index is 1.92. The molecule has 0 aliphatic rings. The summed E-state index contributed by atoms with van der Waals surface area (Å²) in [4.78, 5) is 4.69. The molecule has 5 aromatic rings. The molecule has 0 spiro atoms. The Morgan fingerprint density at radius 2 is 1.70 bits per heavy atom. The van der Waals surface area contributed by atoms with Gasteiger partial charge in [-0.1, -0.05) is 30.3 Å². The van der Waals surface area contributed by atoms with E-state index < -0.39 is 0 Å². The lowest BCUT2D eigenvalue weighted by Crippen LogP contribution is -1.87. The third kappa shape index (κ3) is 1.83. The summed E-state index contributed by atoms with van der Waals surface area (Å²) >= 11 is 1.79. The first-order chi connectivity index (χ1) is 11.3. The molecule has 110 valence electrons. The molecule has 5 rings (SSSR count). The maximum atomic E-state index is 4.69. The second-order valence-corrected chi connectivity index (χ2v) is 6.78. The number of nitrogens with zero attached hydrogens (tertiary/aromatic N) is 2. The first kappa shape index (κ1) is 12.9. The van der Waals surface area contributed by atoms with Crippen LogP contribution in [-0.4, -0.2) is 9.38 Å². The third-order valence-electron chi connectivity index (χ3n) is 4.39.